The highest BCUT2D eigenvalue weighted by Crippen LogP contribution is 2.10. The Balaban J connectivity index is 2.57. The summed E-state index contributed by atoms with van der Waals surface area (Å²) in [4.78, 5) is 0. The third-order valence-corrected chi connectivity index (χ3v) is 3.65. The van der Waals surface area contributed by atoms with E-state index in [1.54, 1.807) is 7.05 Å². The maximum atomic E-state index is 11.1. The van der Waals surface area contributed by atoms with Crippen LogP contribution in [0.3, 0.4) is 0 Å². The average Bonchev–Trinajstić information content (AvgIpc) is 2.03. The zero-order valence-electron chi connectivity index (χ0n) is 7.58. The quantitative estimate of drug-likeness (QED) is 0.649. The van der Waals surface area contributed by atoms with E-state index < -0.39 is 10.0 Å². The van der Waals surface area contributed by atoms with Gasteiger partial charge in [0.05, 0.1) is 6.26 Å². The first-order valence-electron chi connectivity index (χ1n) is 4.15. The predicted molar refractivity (Wildman–Crippen MR) is 48.5 cm³/mol. The lowest BCUT2D eigenvalue weighted by Gasteiger charge is -2.29. The van der Waals surface area contributed by atoms with Gasteiger partial charge in [0.15, 0.2) is 0 Å². The van der Waals surface area contributed by atoms with Crippen molar-refractivity contribution < 1.29 is 8.42 Å². The molecule has 1 heterocycles. The van der Waals surface area contributed by atoms with Crippen LogP contribution in [0.2, 0.25) is 0 Å². The molecule has 0 bridgehead atoms. The summed E-state index contributed by atoms with van der Waals surface area (Å²) in [5.74, 6) is 0. The Labute approximate surface area is 74.0 Å². The molecule has 1 aliphatic heterocycles. The number of likely N-dealkylation sites (N-methyl/N-ethyl adjacent to an activating group) is 1. The van der Waals surface area contributed by atoms with Crippen molar-refractivity contribution in [2.75, 3.05) is 26.4 Å². The van der Waals surface area contributed by atoms with Crippen molar-refractivity contribution >= 4 is 10.0 Å². The lowest BCUT2D eigenvalue weighted by atomic mass is 10.1. The minimum atomic E-state index is -3.01. The van der Waals surface area contributed by atoms with Crippen LogP contribution in [0, 0.1) is 0 Å². The van der Waals surface area contributed by atoms with E-state index in [1.165, 1.54) is 10.6 Å². The van der Waals surface area contributed by atoms with Crippen LogP contribution in [0.15, 0.2) is 0 Å². The summed E-state index contributed by atoms with van der Waals surface area (Å²) >= 11 is 0. The third kappa shape index (κ3) is 2.43. The Bertz CT molecular complexity index is 232. The molecule has 1 aliphatic rings. The molecule has 1 rings (SSSR count). The monoisotopic (exact) mass is 192 g/mol. The summed E-state index contributed by atoms with van der Waals surface area (Å²) in [6, 6.07) is 0.147. The van der Waals surface area contributed by atoms with Crippen molar-refractivity contribution in [2.24, 2.45) is 0 Å². The first-order chi connectivity index (χ1) is 5.52. The molecular weight excluding hydrogens is 176 g/mol. The second-order valence-electron chi connectivity index (χ2n) is 3.28. The van der Waals surface area contributed by atoms with E-state index in [-0.39, 0.29) is 6.04 Å². The van der Waals surface area contributed by atoms with Gasteiger partial charge in [0.1, 0.15) is 0 Å². The van der Waals surface area contributed by atoms with Crippen molar-refractivity contribution in [3.8, 4) is 0 Å². The van der Waals surface area contributed by atoms with E-state index >= 15 is 0 Å². The van der Waals surface area contributed by atoms with Crippen molar-refractivity contribution in [3.63, 3.8) is 0 Å². The maximum Gasteiger partial charge on any atom is 0.211 e. The summed E-state index contributed by atoms with van der Waals surface area (Å²) in [5, 5.41) is 3.18. The second kappa shape index (κ2) is 3.72. The van der Waals surface area contributed by atoms with E-state index in [9.17, 15) is 8.42 Å². The molecule has 1 saturated heterocycles. The Morgan fingerprint density at radius 2 is 2.17 bits per heavy atom. The predicted octanol–water partition coefficient (Wildman–Crippen LogP) is -0.370. The summed E-state index contributed by atoms with van der Waals surface area (Å²) in [6.07, 6.45) is 3.28. The number of sulfonamides is 1. The van der Waals surface area contributed by atoms with Crippen LogP contribution in [-0.4, -0.2) is 45.2 Å². The largest absolute Gasteiger partial charge is 0.315 e. The first-order valence-corrected chi connectivity index (χ1v) is 6.00. The lowest BCUT2D eigenvalue weighted by Crippen LogP contribution is -2.46. The zero-order valence-corrected chi connectivity index (χ0v) is 8.39. The Morgan fingerprint density at radius 1 is 1.50 bits per heavy atom. The fraction of sp³-hybridized carbons (Fsp3) is 1.00. The minimum Gasteiger partial charge on any atom is -0.315 e. The van der Waals surface area contributed by atoms with E-state index in [2.05, 4.69) is 5.32 Å². The van der Waals surface area contributed by atoms with Gasteiger partial charge in [0.25, 0.3) is 0 Å². The number of nitrogens with one attached hydrogen (secondary N) is 1. The van der Waals surface area contributed by atoms with E-state index in [4.69, 9.17) is 0 Å². The molecule has 0 aromatic carbocycles. The highest BCUT2D eigenvalue weighted by molar-refractivity contribution is 7.88. The number of rotatable bonds is 2. The van der Waals surface area contributed by atoms with Crippen LogP contribution in [0.5, 0.6) is 0 Å². The lowest BCUT2D eigenvalue weighted by molar-refractivity contribution is 0.301. The van der Waals surface area contributed by atoms with Gasteiger partial charge in [-0.3, -0.25) is 0 Å². The van der Waals surface area contributed by atoms with Gasteiger partial charge in [0, 0.05) is 19.6 Å². The second-order valence-corrected chi connectivity index (χ2v) is 5.32. The Kier molecular flexibility index (Phi) is 3.09. The van der Waals surface area contributed by atoms with Crippen molar-refractivity contribution in [2.45, 2.75) is 18.9 Å². The molecule has 0 radical (unpaired) electrons. The molecule has 0 aromatic rings. The smallest absolute Gasteiger partial charge is 0.211 e. The summed E-state index contributed by atoms with van der Waals surface area (Å²) in [5.41, 5.74) is 0. The van der Waals surface area contributed by atoms with Crippen LogP contribution < -0.4 is 5.32 Å². The number of hydrogen-bond donors (Lipinski definition) is 1. The molecule has 1 atom stereocenters. The van der Waals surface area contributed by atoms with Gasteiger partial charge >= 0.3 is 0 Å². The molecule has 0 aliphatic carbocycles. The third-order valence-electron chi connectivity index (χ3n) is 2.31. The fourth-order valence-corrected chi connectivity index (χ4v) is 2.14. The van der Waals surface area contributed by atoms with Crippen molar-refractivity contribution in [1.29, 1.82) is 0 Å². The van der Waals surface area contributed by atoms with Gasteiger partial charge in [0.2, 0.25) is 10.0 Å². The SMILES string of the molecule is CN([C@H]1CCCNC1)S(C)(=O)=O. The van der Waals surface area contributed by atoms with Crippen LogP contribution in [0.4, 0.5) is 0 Å². The Hall–Kier alpha value is -0.130. The van der Waals surface area contributed by atoms with Crippen molar-refractivity contribution in [1.82, 2.24) is 9.62 Å². The van der Waals surface area contributed by atoms with Gasteiger partial charge in [-0.25, -0.2) is 12.7 Å². The van der Waals surface area contributed by atoms with E-state index in [0.717, 1.165) is 25.9 Å². The van der Waals surface area contributed by atoms with Gasteiger partial charge in [-0.15, -0.1) is 0 Å². The standard InChI is InChI=1S/C7H16N2O2S/c1-9(12(2,10)11)7-4-3-5-8-6-7/h7-8H,3-6H2,1-2H3/t7-/m0/s1. The zero-order chi connectivity index (χ0) is 9.19. The summed E-state index contributed by atoms with van der Waals surface area (Å²) < 4.78 is 23.7. The topological polar surface area (TPSA) is 49.4 Å². The summed E-state index contributed by atoms with van der Waals surface area (Å²) in [7, 11) is -1.36. The molecule has 1 fully saturated rings. The molecule has 0 unspecified atom stereocenters. The normalized spacial score (nSPS) is 26.1. The fourth-order valence-electron chi connectivity index (χ4n) is 1.41. The van der Waals surface area contributed by atoms with E-state index in [0.29, 0.717) is 0 Å². The van der Waals surface area contributed by atoms with Crippen LogP contribution in [-0.2, 0) is 10.0 Å². The molecule has 0 spiro atoms. The van der Waals surface area contributed by atoms with Gasteiger partial charge in [-0.2, -0.15) is 0 Å². The van der Waals surface area contributed by atoms with Gasteiger partial charge in [-0.1, -0.05) is 0 Å². The molecule has 0 aromatic heterocycles. The molecular formula is C7H16N2O2S. The average molecular weight is 192 g/mol. The molecule has 72 valence electrons. The number of hydrogen-bond acceptors (Lipinski definition) is 3. The molecule has 12 heavy (non-hydrogen) atoms. The van der Waals surface area contributed by atoms with E-state index in [1.807, 2.05) is 0 Å². The molecule has 4 nitrogen and oxygen atoms in total. The maximum absolute atomic E-state index is 11.1. The highest BCUT2D eigenvalue weighted by Gasteiger charge is 2.23. The highest BCUT2D eigenvalue weighted by atomic mass is 32.2. The number of piperidine rings is 1. The first kappa shape index (κ1) is 9.95. The van der Waals surface area contributed by atoms with Gasteiger partial charge in [-0.05, 0) is 19.4 Å². The summed E-state index contributed by atoms with van der Waals surface area (Å²) in [6.45, 7) is 1.79. The molecule has 0 amide bonds. The molecule has 1 N–H and O–H groups in total. The molecule has 5 heteroatoms. The van der Waals surface area contributed by atoms with Crippen LogP contribution in [0.25, 0.3) is 0 Å². The van der Waals surface area contributed by atoms with Crippen LogP contribution >= 0.6 is 0 Å². The minimum absolute atomic E-state index is 0.147. The van der Waals surface area contributed by atoms with Crippen molar-refractivity contribution in [3.05, 3.63) is 0 Å². The van der Waals surface area contributed by atoms with Crippen LogP contribution in [0.1, 0.15) is 12.8 Å². The Morgan fingerprint density at radius 3 is 2.58 bits per heavy atom. The molecule has 0 saturated carbocycles. The number of nitrogens with zero attached hydrogens (tertiary/aromatic N) is 1. The van der Waals surface area contributed by atoms with Gasteiger partial charge < -0.3 is 5.32 Å².